The molecule has 0 unspecified atom stereocenters. The zero-order valence-corrected chi connectivity index (χ0v) is 18.4. The molecular weight excluding hydrogens is 433 g/mol. The Labute approximate surface area is 189 Å². The smallest absolute Gasteiger partial charge is 0.248 e. The first-order valence-corrected chi connectivity index (χ1v) is 10.6. The Balaban J connectivity index is 1.63. The Hall–Kier alpha value is -3.56. The van der Waals surface area contributed by atoms with E-state index in [9.17, 15) is 14.0 Å². The van der Waals surface area contributed by atoms with E-state index in [-0.39, 0.29) is 17.5 Å². The van der Waals surface area contributed by atoms with Gasteiger partial charge in [0.2, 0.25) is 11.8 Å². The third kappa shape index (κ3) is 6.22. The van der Waals surface area contributed by atoms with Crippen molar-refractivity contribution >= 4 is 45.7 Å². The number of anilines is 3. The van der Waals surface area contributed by atoms with E-state index in [0.717, 1.165) is 0 Å². The van der Waals surface area contributed by atoms with E-state index in [1.165, 1.54) is 47.4 Å². The maximum atomic E-state index is 14.2. The number of hydrogen-bond acceptors (Lipinski definition) is 6. The number of amides is 2. The molecule has 2 aromatic carbocycles. The molecule has 3 rings (SSSR count). The lowest BCUT2D eigenvalue weighted by molar-refractivity contribution is -0.116. The van der Waals surface area contributed by atoms with Gasteiger partial charge in [0, 0.05) is 31.2 Å². The number of aromatic nitrogens is 1. The lowest BCUT2D eigenvalue weighted by Crippen LogP contribution is -2.23. The standard InChI is InChI=1S/C23H22FN3O4S/c1-16(28)27(21-6-4-3-5-20(21)24)23-26-18(15-32-23)9-12-22(29)25-17-7-10-19(11-8-17)31-14-13-30-2/h3-12,15H,13-14H2,1-2H3,(H,25,29)/b12-9+. The third-order valence-electron chi connectivity index (χ3n) is 4.19. The molecule has 0 aliphatic carbocycles. The minimum Gasteiger partial charge on any atom is -0.491 e. The summed E-state index contributed by atoms with van der Waals surface area (Å²) in [5.74, 6) is -0.558. The monoisotopic (exact) mass is 455 g/mol. The topological polar surface area (TPSA) is 80.8 Å². The number of halogens is 1. The summed E-state index contributed by atoms with van der Waals surface area (Å²) in [6.45, 7) is 2.27. The SMILES string of the molecule is COCCOc1ccc(NC(=O)/C=C/c2csc(N(C(C)=O)c3ccccc3F)n2)cc1. The first-order chi connectivity index (χ1) is 15.5. The molecule has 0 radical (unpaired) electrons. The molecule has 0 saturated heterocycles. The van der Waals surface area contributed by atoms with Crippen LogP contribution in [0.1, 0.15) is 12.6 Å². The summed E-state index contributed by atoms with van der Waals surface area (Å²) in [6.07, 6.45) is 2.86. The van der Waals surface area contributed by atoms with Crippen molar-refractivity contribution < 1.29 is 23.5 Å². The molecule has 32 heavy (non-hydrogen) atoms. The van der Waals surface area contributed by atoms with Gasteiger partial charge in [0.1, 0.15) is 18.2 Å². The molecule has 1 heterocycles. The van der Waals surface area contributed by atoms with Gasteiger partial charge in [-0.2, -0.15) is 0 Å². The molecule has 7 nitrogen and oxygen atoms in total. The van der Waals surface area contributed by atoms with Crippen LogP contribution in [0.4, 0.5) is 20.9 Å². The number of carbonyl (C=O) groups is 2. The van der Waals surface area contributed by atoms with Crippen molar-refractivity contribution in [3.8, 4) is 5.75 Å². The first kappa shape index (κ1) is 23.1. The van der Waals surface area contributed by atoms with Gasteiger partial charge < -0.3 is 14.8 Å². The summed E-state index contributed by atoms with van der Waals surface area (Å²) in [7, 11) is 1.60. The van der Waals surface area contributed by atoms with Crippen LogP contribution in [0.5, 0.6) is 5.75 Å². The van der Waals surface area contributed by atoms with Gasteiger partial charge in [0.25, 0.3) is 0 Å². The van der Waals surface area contributed by atoms with Crippen molar-refractivity contribution in [3.05, 3.63) is 71.5 Å². The summed E-state index contributed by atoms with van der Waals surface area (Å²) < 4.78 is 24.6. The predicted molar refractivity (Wildman–Crippen MR) is 123 cm³/mol. The lowest BCUT2D eigenvalue weighted by Gasteiger charge is -2.18. The fraction of sp³-hybridized carbons (Fsp3) is 0.174. The van der Waals surface area contributed by atoms with Crippen LogP contribution in [0, 0.1) is 5.82 Å². The number of carbonyl (C=O) groups excluding carboxylic acids is 2. The Morgan fingerprint density at radius 1 is 1.16 bits per heavy atom. The van der Waals surface area contributed by atoms with Crippen LogP contribution in [0.2, 0.25) is 0 Å². The molecule has 2 amide bonds. The summed E-state index contributed by atoms with van der Waals surface area (Å²) in [4.78, 5) is 29.9. The zero-order chi connectivity index (χ0) is 22.9. The van der Waals surface area contributed by atoms with E-state index >= 15 is 0 Å². The van der Waals surface area contributed by atoms with Crippen molar-refractivity contribution in [1.82, 2.24) is 4.98 Å². The van der Waals surface area contributed by atoms with E-state index < -0.39 is 5.82 Å². The van der Waals surface area contributed by atoms with Crippen LogP contribution in [0.3, 0.4) is 0 Å². The van der Waals surface area contributed by atoms with Crippen LogP contribution in [0.25, 0.3) is 6.08 Å². The Kier molecular flexibility index (Phi) is 8.07. The van der Waals surface area contributed by atoms with Crippen LogP contribution in [-0.2, 0) is 14.3 Å². The highest BCUT2D eigenvalue weighted by Gasteiger charge is 2.20. The van der Waals surface area contributed by atoms with Gasteiger partial charge in [-0.3, -0.25) is 14.5 Å². The Morgan fingerprint density at radius 3 is 2.59 bits per heavy atom. The number of nitrogens with zero attached hydrogens (tertiary/aromatic N) is 2. The van der Waals surface area contributed by atoms with Gasteiger partial charge in [-0.05, 0) is 42.5 Å². The maximum absolute atomic E-state index is 14.2. The average Bonchev–Trinajstić information content (AvgIpc) is 3.23. The average molecular weight is 456 g/mol. The molecule has 0 aliphatic rings. The molecule has 0 fully saturated rings. The second-order valence-corrected chi connectivity index (χ2v) is 7.39. The molecule has 0 atom stereocenters. The minimum absolute atomic E-state index is 0.122. The highest BCUT2D eigenvalue weighted by molar-refractivity contribution is 7.14. The number of hydrogen-bond donors (Lipinski definition) is 1. The van der Waals surface area contributed by atoms with Gasteiger partial charge in [-0.25, -0.2) is 9.37 Å². The third-order valence-corrected chi connectivity index (χ3v) is 5.04. The number of rotatable bonds is 9. The van der Waals surface area contributed by atoms with Crippen LogP contribution in [-0.4, -0.2) is 37.1 Å². The van der Waals surface area contributed by atoms with E-state index in [4.69, 9.17) is 9.47 Å². The maximum Gasteiger partial charge on any atom is 0.248 e. The highest BCUT2D eigenvalue weighted by Crippen LogP contribution is 2.31. The quantitative estimate of drug-likeness (QED) is 0.375. The molecule has 3 aromatic rings. The van der Waals surface area contributed by atoms with Gasteiger partial charge >= 0.3 is 0 Å². The van der Waals surface area contributed by atoms with Crippen molar-refractivity contribution in [2.45, 2.75) is 6.92 Å². The Bertz CT molecular complexity index is 1100. The summed E-state index contributed by atoms with van der Waals surface area (Å²) >= 11 is 1.18. The lowest BCUT2D eigenvalue weighted by atomic mass is 10.3. The summed E-state index contributed by atoms with van der Waals surface area (Å²) in [5, 5.41) is 4.74. The summed E-state index contributed by atoms with van der Waals surface area (Å²) in [5.41, 5.74) is 1.21. The van der Waals surface area contributed by atoms with E-state index in [1.807, 2.05) is 0 Å². The second kappa shape index (κ2) is 11.2. The number of para-hydroxylation sites is 1. The van der Waals surface area contributed by atoms with Crippen LogP contribution >= 0.6 is 11.3 Å². The number of thiazole rings is 1. The molecule has 0 spiro atoms. The number of benzene rings is 2. The summed E-state index contributed by atoms with van der Waals surface area (Å²) in [6, 6.07) is 12.9. The van der Waals surface area contributed by atoms with Gasteiger partial charge in [-0.15, -0.1) is 11.3 Å². The second-order valence-electron chi connectivity index (χ2n) is 6.55. The number of ether oxygens (including phenoxy) is 2. The zero-order valence-electron chi connectivity index (χ0n) is 17.6. The minimum atomic E-state index is -0.524. The van der Waals surface area contributed by atoms with E-state index in [1.54, 1.807) is 48.9 Å². The fourth-order valence-electron chi connectivity index (χ4n) is 2.72. The molecule has 1 N–H and O–H groups in total. The largest absolute Gasteiger partial charge is 0.491 e. The molecule has 0 saturated carbocycles. The molecule has 0 bridgehead atoms. The number of methoxy groups -OCH3 is 1. The van der Waals surface area contributed by atoms with Crippen molar-refractivity contribution in [3.63, 3.8) is 0 Å². The van der Waals surface area contributed by atoms with E-state index in [0.29, 0.717) is 35.5 Å². The van der Waals surface area contributed by atoms with Crippen molar-refractivity contribution in [1.29, 1.82) is 0 Å². The fourth-order valence-corrected chi connectivity index (χ4v) is 3.57. The van der Waals surface area contributed by atoms with E-state index in [2.05, 4.69) is 10.3 Å². The normalized spacial score (nSPS) is 10.8. The van der Waals surface area contributed by atoms with Gasteiger partial charge in [0.05, 0.1) is 18.0 Å². The van der Waals surface area contributed by atoms with Gasteiger partial charge in [0.15, 0.2) is 5.13 Å². The predicted octanol–water partition coefficient (Wildman–Crippen LogP) is 4.64. The molecule has 0 aliphatic heterocycles. The molecule has 9 heteroatoms. The van der Waals surface area contributed by atoms with Crippen molar-refractivity contribution in [2.75, 3.05) is 30.5 Å². The van der Waals surface area contributed by atoms with Crippen LogP contribution in [0.15, 0.2) is 60.0 Å². The van der Waals surface area contributed by atoms with Crippen LogP contribution < -0.4 is 15.0 Å². The van der Waals surface area contributed by atoms with Gasteiger partial charge in [-0.1, -0.05) is 12.1 Å². The Morgan fingerprint density at radius 2 is 1.91 bits per heavy atom. The number of nitrogens with one attached hydrogen (secondary N) is 1. The molecule has 1 aromatic heterocycles. The first-order valence-electron chi connectivity index (χ1n) is 9.69. The molecule has 166 valence electrons. The highest BCUT2D eigenvalue weighted by atomic mass is 32.1. The molecular formula is C23H22FN3O4S. The van der Waals surface area contributed by atoms with Crippen molar-refractivity contribution in [2.24, 2.45) is 0 Å².